The highest BCUT2D eigenvalue weighted by Crippen LogP contribution is 2.17. The molecule has 7 nitrogen and oxygen atoms in total. The molecule has 3 aromatic rings. The van der Waals surface area contributed by atoms with Gasteiger partial charge in [0.1, 0.15) is 24.2 Å². The standard InChI is InChI=1S/C22H21FN2O2.CH4O3S/c23-19-8-4-5-17(13-19)15-27-20-11-9-16(10-12-20)14-25-21(22(24)26)18-6-2-1-3-7-18;1-5(2,3)4/h1-13,21,25H,14-15H2,(H2,24,26);1H3,(H,2,3,4). The summed E-state index contributed by atoms with van der Waals surface area (Å²) in [4.78, 5) is 11.7. The molecule has 9 heteroatoms. The minimum absolute atomic E-state index is 0.278. The molecule has 0 aliphatic heterocycles. The summed E-state index contributed by atoms with van der Waals surface area (Å²) in [6.45, 7) is 0.791. The fourth-order valence-electron chi connectivity index (χ4n) is 2.75. The summed E-state index contributed by atoms with van der Waals surface area (Å²) in [6.07, 6.45) is 0.715. The van der Waals surface area contributed by atoms with Gasteiger partial charge in [0.15, 0.2) is 0 Å². The van der Waals surface area contributed by atoms with E-state index in [1.807, 2.05) is 60.7 Å². The number of rotatable bonds is 8. The second-order valence-corrected chi connectivity index (χ2v) is 8.39. The maximum Gasteiger partial charge on any atom is 0.261 e. The fourth-order valence-corrected chi connectivity index (χ4v) is 2.75. The van der Waals surface area contributed by atoms with Gasteiger partial charge in [-0.25, -0.2) is 4.39 Å². The summed E-state index contributed by atoms with van der Waals surface area (Å²) in [5.74, 6) is -0.00582. The second-order valence-electron chi connectivity index (χ2n) is 6.92. The van der Waals surface area contributed by atoms with Gasteiger partial charge in [-0.1, -0.05) is 54.6 Å². The van der Waals surface area contributed by atoms with Gasteiger partial charge < -0.3 is 10.5 Å². The molecule has 1 unspecified atom stereocenters. The Bertz CT molecular complexity index is 1100. The van der Waals surface area contributed by atoms with Gasteiger partial charge in [0.05, 0.1) is 6.26 Å². The van der Waals surface area contributed by atoms with Crippen LogP contribution < -0.4 is 15.8 Å². The fraction of sp³-hybridized carbons (Fsp3) is 0.174. The zero-order chi connectivity index (χ0) is 23.6. The van der Waals surface area contributed by atoms with Gasteiger partial charge in [0.2, 0.25) is 5.91 Å². The Labute approximate surface area is 186 Å². The number of carbonyl (C=O) groups excluding carboxylic acids is 1. The van der Waals surface area contributed by atoms with E-state index in [0.717, 1.165) is 16.7 Å². The van der Waals surface area contributed by atoms with E-state index in [4.69, 9.17) is 15.0 Å². The number of hydrogen-bond donors (Lipinski definition) is 3. The molecule has 0 aliphatic rings. The second kappa shape index (κ2) is 11.9. The van der Waals surface area contributed by atoms with Gasteiger partial charge >= 0.3 is 0 Å². The van der Waals surface area contributed by atoms with Crippen LogP contribution in [0.2, 0.25) is 0 Å². The van der Waals surface area contributed by atoms with Crippen LogP contribution in [0.1, 0.15) is 22.7 Å². The molecular weight excluding hydrogens is 435 g/mol. The van der Waals surface area contributed by atoms with Crippen molar-refractivity contribution in [1.29, 1.82) is 0 Å². The molecule has 0 fully saturated rings. The highest BCUT2D eigenvalue weighted by molar-refractivity contribution is 7.85. The van der Waals surface area contributed by atoms with Gasteiger partial charge in [0, 0.05) is 6.54 Å². The van der Waals surface area contributed by atoms with E-state index in [1.54, 1.807) is 6.07 Å². The molecular formula is C23H25FN2O5S. The first kappa shape index (κ1) is 25.0. The van der Waals surface area contributed by atoms with E-state index in [-0.39, 0.29) is 5.82 Å². The molecule has 3 rings (SSSR count). The van der Waals surface area contributed by atoms with Crippen molar-refractivity contribution >= 4 is 16.0 Å². The smallest absolute Gasteiger partial charge is 0.261 e. The number of nitrogens with one attached hydrogen (secondary N) is 1. The number of ether oxygens (including phenoxy) is 1. The first-order valence-electron chi connectivity index (χ1n) is 9.58. The van der Waals surface area contributed by atoms with Gasteiger partial charge in [-0.15, -0.1) is 0 Å². The zero-order valence-corrected chi connectivity index (χ0v) is 18.3. The van der Waals surface area contributed by atoms with Crippen LogP contribution in [0.15, 0.2) is 78.9 Å². The zero-order valence-electron chi connectivity index (χ0n) is 17.4. The number of amides is 1. The van der Waals surface area contributed by atoms with Crippen molar-refractivity contribution in [2.24, 2.45) is 5.73 Å². The predicted octanol–water partition coefficient (Wildman–Crippen LogP) is 3.22. The quantitative estimate of drug-likeness (QED) is 0.444. The van der Waals surface area contributed by atoms with Crippen LogP contribution in [0.25, 0.3) is 0 Å². The number of hydrogen-bond acceptors (Lipinski definition) is 5. The van der Waals surface area contributed by atoms with Gasteiger partial charge in [0.25, 0.3) is 10.1 Å². The lowest BCUT2D eigenvalue weighted by Gasteiger charge is -2.16. The van der Waals surface area contributed by atoms with E-state index in [9.17, 15) is 17.6 Å². The van der Waals surface area contributed by atoms with Crippen molar-refractivity contribution in [2.75, 3.05) is 6.26 Å². The van der Waals surface area contributed by atoms with E-state index < -0.39 is 22.1 Å². The topological polar surface area (TPSA) is 119 Å². The van der Waals surface area contributed by atoms with Crippen LogP contribution in [0.5, 0.6) is 5.75 Å². The molecule has 3 aromatic carbocycles. The van der Waals surface area contributed by atoms with Crippen LogP contribution in [-0.4, -0.2) is 25.1 Å². The molecule has 1 atom stereocenters. The Morgan fingerprint density at radius 2 is 1.66 bits per heavy atom. The summed E-state index contributed by atoms with van der Waals surface area (Å²) in [5.41, 5.74) is 8.11. The molecule has 170 valence electrons. The van der Waals surface area contributed by atoms with Gasteiger partial charge in [-0.05, 0) is 41.0 Å². The first-order chi connectivity index (χ1) is 15.1. The summed E-state index contributed by atoms with van der Waals surface area (Å²) in [7, 11) is -3.67. The summed E-state index contributed by atoms with van der Waals surface area (Å²) < 4.78 is 44.7. The van der Waals surface area contributed by atoms with Gasteiger partial charge in [-0.3, -0.25) is 14.7 Å². The molecule has 0 aliphatic carbocycles. The molecule has 0 spiro atoms. The minimum atomic E-state index is -3.67. The van der Waals surface area contributed by atoms with Crippen LogP contribution in [0, 0.1) is 5.82 Å². The number of halogens is 1. The molecule has 0 bridgehead atoms. The Balaban J connectivity index is 0.000000654. The Kier molecular flexibility index (Phi) is 9.33. The highest BCUT2D eigenvalue weighted by atomic mass is 32.2. The van der Waals surface area contributed by atoms with Crippen LogP contribution in [-0.2, 0) is 28.1 Å². The van der Waals surface area contributed by atoms with Crippen LogP contribution >= 0.6 is 0 Å². The third-order valence-corrected chi connectivity index (χ3v) is 4.15. The third-order valence-electron chi connectivity index (χ3n) is 4.15. The Morgan fingerprint density at radius 1 is 1.03 bits per heavy atom. The molecule has 4 N–H and O–H groups in total. The van der Waals surface area contributed by atoms with Crippen molar-refractivity contribution < 1.29 is 26.9 Å². The van der Waals surface area contributed by atoms with Gasteiger partial charge in [-0.2, -0.15) is 8.42 Å². The lowest BCUT2D eigenvalue weighted by atomic mass is 10.1. The third kappa shape index (κ3) is 9.69. The van der Waals surface area contributed by atoms with E-state index >= 15 is 0 Å². The largest absolute Gasteiger partial charge is 0.489 e. The monoisotopic (exact) mass is 460 g/mol. The van der Waals surface area contributed by atoms with E-state index in [0.29, 0.717) is 25.2 Å². The summed E-state index contributed by atoms with van der Waals surface area (Å²) >= 11 is 0. The number of primary amides is 1. The maximum atomic E-state index is 13.2. The molecule has 0 saturated heterocycles. The number of benzene rings is 3. The summed E-state index contributed by atoms with van der Waals surface area (Å²) in [6, 6.07) is 22.7. The molecule has 0 heterocycles. The highest BCUT2D eigenvalue weighted by Gasteiger charge is 2.16. The molecule has 1 amide bonds. The average Bonchev–Trinajstić information content (AvgIpc) is 2.73. The van der Waals surface area contributed by atoms with Crippen molar-refractivity contribution in [1.82, 2.24) is 5.32 Å². The Morgan fingerprint density at radius 3 is 2.22 bits per heavy atom. The molecule has 0 saturated carbocycles. The minimum Gasteiger partial charge on any atom is -0.489 e. The number of carbonyl (C=O) groups is 1. The van der Waals surface area contributed by atoms with E-state index in [2.05, 4.69) is 5.32 Å². The maximum absolute atomic E-state index is 13.2. The van der Waals surface area contributed by atoms with Crippen LogP contribution in [0.4, 0.5) is 4.39 Å². The van der Waals surface area contributed by atoms with Crippen molar-refractivity contribution in [3.8, 4) is 5.75 Å². The SMILES string of the molecule is CS(=O)(=O)O.NC(=O)C(NCc1ccc(OCc2cccc(F)c2)cc1)c1ccccc1. The lowest BCUT2D eigenvalue weighted by Crippen LogP contribution is -2.33. The average molecular weight is 461 g/mol. The van der Waals surface area contributed by atoms with E-state index in [1.165, 1.54) is 12.1 Å². The predicted molar refractivity (Wildman–Crippen MR) is 120 cm³/mol. The number of nitrogens with two attached hydrogens (primary N) is 1. The first-order valence-corrected chi connectivity index (χ1v) is 11.4. The molecule has 32 heavy (non-hydrogen) atoms. The lowest BCUT2D eigenvalue weighted by molar-refractivity contribution is -0.120. The Hall–Kier alpha value is -3.27. The van der Waals surface area contributed by atoms with Crippen molar-refractivity contribution in [3.05, 3.63) is 101 Å². The van der Waals surface area contributed by atoms with Crippen molar-refractivity contribution in [3.63, 3.8) is 0 Å². The molecule has 0 radical (unpaired) electrons. The summed E-state index contributed by atoms with van der Waals surface area (Å²) in [5, 5.41) is 3.18. The van der Waals surface area contributed by atoms with Crippen molar-refractivity contribution in [2.45, 2.75) is 19.2 Å². The normalized spacial score (nSPS) is 11.7. The molecule has 0 aromatic heterocycles. The van der Waals surface area contributed by atoms with Crippen LogP contribution in [0.3, 0.4) is 0 Å².